The Hall–Kier alpha value is -3.11. The number of nitrogens with one attached hydrogen (secondary N) is 3. The van der Waals surface area contributed by atoms with E-state index in [2.05, 4.69) is 37.1 Å². The molecule has 0 saturated heterocycles. The maximum Gasteiger partial charge on any atom is 0.329 e. The molecule has 11 heteroatoms. The van der Waals surface area contributed by atoms with Crippen molar-refractivity contribution in [1.82, 2.24) is 10.7 Å². The predicted octanol–water partition coefficient (Wildman–Crippen LogP) is 4.19. The van der Waals surface area contributed by atoms with E-state index in [1.807, 2.05) is 20.8 Å². The molecule has 0 atom stereocenters. The van der Waals surface area contributed by atoms with Gasteiger partial charge in [0.25, 0.3) is 5.91 Å². The van der Waals surface area contributed by atoms with Gasteiger partial charge in [0, 0.05) is 17.3 Å². The molecule has 0 spiro atoms. The van der Waals surface area contributed by atoms with Gasteiger partial charge in [-0.1, -0.05) is 31.0 Å². The number of benzene rings is 2. The summed E-state index contributed by atoms with van der Waals surface area (Å²) in [6.45, 7) is 6.12. The maximum absolute atomic E-state index is 12.4. The highest BCUT2D eigenvalue weighted by molar-refractivity contribution is 9.10. The Bertz CT molecular complexity index is 1090. The lowest BCUT2D eigenvalue weighted by molar-refractivity contribution is -0.139. The molecule has 35 heavy (non-hydrogen) atoms. The Kier molecular flexibility index (Phi) is 11.5. The van der Waals surface area contributed by atoms with Gasteiger partial charge in [0.15, 0.2) is 18.1 Å². The number of rotatable bonds is 11. The first-order valence-corrected chi connectivity index (χ1v) is 12.2. The second-order valence-corrected chi connectivity index (χ2v) is 8.58. The van der Waals surface area contributed by atoms with Crippen molar-refractivity contribution in [1.29, 1.82) is 0 Å². The van der Waals surface area contributed by atoms with Gasteiger partial charge in [0.1, 0.15) is 0 Å². The molecular weight excluding hydrogens is 540 g/mol. The number of hydrogen-bond donors (Lipinski definition) is 3. The lowest BCUT2D eigenvalue weighted by atomic mass is 10.2. The zero-order valence-electron chi connectivity index (χ0n) is 19.7. The molecule has 2 aromatic carbocycles. The first kappa shape index (κ1) is 28.1. The van der Waals surface area contributed by atoms with Crippen LogP contribution in [-0.4, -0.2) is 43.7 Å². The van der Waals surface area contributed by atoms with Gasteiger partial charge < -0.3 is 20.1 Å². The topological polar surface area (TPSA) is 118 Å². The van der Waals surface area contributed by atoms with Gasteiger partial charge in [-0.2, -0.15) is 5.10 Å². The SMILES string of the molecule is CCCCNC(=O)C(=O)NN=Cc1cc(Br)c(OCC(=O)Nc2cccc(Cl)c2C)c(OCC)c1. The molecule has 9 nitrogen and oxygen atoms in total. The second-order valence-electron chi connectivity index (χ2n) is 7.32. The number of nitrogens with zero attached hydrogens (tertiary/aromatic N) is 1. The fourth-order valence-electron chi connectivity index (χ4n) is 2.81. The van der Waals surface area contributed by atoms with Crippen molar-refractivity contribution in [2.75, 3.05) is 25.1 Å². The molecule has 0 aromatic heterocycles. The van der Waals surface area contributed by atoms with Gasteiger partial charge in [-0.05, 0) is 71.6 Å². The summed E-state index contributed by atoms with van der Waals surface area (Å²) >= 11 is 9.52. The van der Waals surface area contributed by atoms with Crippen molar-refractivity contribution >= 4 is 57.2 Å². The van der Waals surface area contributed by atoms with Crippen LogP contribution in [0.3, 0.4) is 0 Å². The number of halogens is 2. The van der Waals surface area contributed by atoms with Crippen LogP contribution in [0.25, 0.3) is 0 Å². The molecule has 0 aliphatic heterocycles. The van der Waals surface area contributed by atoms with Crippen molar-refractivity contribution in [2.24, 2.45) is 5.10 Å². The fourth-order valence-corrected chi connectivity index (χ4v) is 3.56. The summed E-state index contributed by atoms with van der Waals surface area (Å²) in [6, 6.07) is 8.56. The zero-order chi connectivity index (χ0) is 25.8. The molecule has 2 rings (SSSR count). The minimum absolute atomic E-state index is 0.263. The van der Waals surface area contributed by atoms with Crippen molar-refractivity contribution in [3.63, 3.8) is 0 Å². The van der Waals surface area contributed by atoms with E-state index in [1.54, 1.807) is 30.3 Å². The summed E-state index contributed by atoms with van der Waals surface area (Å²) in [6.07, 6.45) is 3.05. The van der Waals surface area contributed by atoms with E-state index >= 15 is 0 Å². The Morgan fingerprint density at radius 3 is 2.63 bits per heavy atom. The van der Waals surface area contributed by atoms with Gasteiger partial charge in [-0.15, -0.1) is 0 Å². The van der Waals surface area contributed by atoms with Crippen LogP contribution in [0, 0.1) is 6.92 Å². The Morgan fingerprint density at radius 2 is 1.91 bits per heavy atom. The molecule has 3 N–H and O–H groups in total. The number of hydrogen-bond acceptors (Lipinski definition) is 6. The lowest BCUT2D eigenvalue weighted by Crippen LogP contribution is -2.38. The summed E-state index contributed by atoms with van der Waals surface area (Å²) < 4.78 is 11.9. The predicted molar refractivity (Wildman–Crippen MR) is 139 cm³/mol. The van der Waals surface area contributed by atoms with E-state index in [0.29, 0.717) is 45.4 Å². The molecule has 0 radical (unpaired) electrons. The van der Waals surface area contributed by atoms with Crippen LogP contribution in [-0.2, 0) is 14.4 Å². The number of unbranched alkanes of at least 4 members (excludes halogenated alkanes) is 1. The van der Waals surface area contributed by atoms with E-state index in [0.717, 1.165) is 18.4 Å². The number of ether oxygens (including phenoxy) is 2. The first-order valence-electron chi connectivity index (χ1n) is 11.0. The Balaban J connectivity index is 2.03. The number of amides is 3. The third-order valence-electron chi connectivity index (χ3n) is 4.62. The van der Waals surface area contributed by atoms with Gasteiger partial charge in [0.2, 0.25) is 0 Å². The Morgan fingerprint density at radius 1 is 1.14 bits per heavy atom. The second kappa shape index (κ2) is 14.3. The van der Waals surface area contributed by atoms with Crippen LogP contribution in [0.1, 0.15) is 37.8 Å². The molecule has 0 fully saturated rings. The summed E-state index contributed by atoms with van der Waals surface area (Å²) in [7, 11) is 0. The Labute approximate surface area is 217 Å². The van der Waals surface area contributed by atoms with Crippen LogP contribution in [0.15, 0.2) is 39.9 Å². The van der Waals surface area contributed by atoms with Gasteiger partial charge >= 0.3 is 11.8 Å². The van der Waals surface area contributed by atoms with E-state index in [-0.39, 0.29) is 12.5 Å². The van der Waals surface area contributed by atoms with Gasteiger partial charge in [-0.3, -0.25) is 14.4 Å². The molecule has 0 aliphatic carbocycles. The minimum Gasteiger partial charge on any atom is -0.490 e. The van der Waals surface area contributed by atoms with Gasteiger partial charge in [-0.25, -0.2) is 5.43 Å². The van der Waals surface area contributed by atoms with Crippen LogP contribution < -0.4 is 25.5 Å². The first-order chi connectivity index (χ1) is 16.8. The van der Waals surface area contributed by atoms with Crippen LogP contribution in [0.5, 0.6) is 11.5 Å². The average molecular weight is 568 g/mol. The normalized spacial score (nSPS) is 10.7. The molecule has 188 valence electrons. The molecular formula is C24H28BrClN4O5. The third-order valence-corrected chi connectivity index (χ3v) is 5.62. The highest BCUT2D eigenvalue weighted by Crippen LogP contribution is 2.36. The number of carbonyl (C=O) groups excluding carboxylic acids is 3. The molecule has 2 aromatic rings. The quantitative estimate of drug-likeness (QED) is 0.163. The average Bonchev–Trinajstić information content (AvgIpc) is 2.81. The summed E-state index contributed by atoms with van der Waals surface area (Å²) in [4.78, 5) is 35.9. The molecule has 0 unspecified atom stereocenters. The zero-order valence-corrected chi connectivity index (χ0v) is 22.1. The number of carbonyl (C=O) groups is 3. The van der Waals surface area contributed by atoms with Crippen molar-refractivity contribution in [2.45, 2.75) is 33.6 Å². The molecule has 0 heterocycles. The van der Waals surface area contributed by atoms with E-state index in [4.69, 9.17) is 21.1 Å². The molecule has 0 bridgehead atoms. The van der Waals surface area contributed by atoms with E-state index in [9.17, 15) is 14.4 Å². The fraction of sp³-hybridized carbons (Fsp3) is 0.333. The third kappa shape index (κ3) is 8.88. The van der Waals surface area contributed by atoms with E-state index in [1.165, 1.54) is 6.21 Å². The number of anilines is 1. The number of hydrazone groups is 1. The van der Waals surface area contributed by atoms with Crippen LogP contribution in [0.2, 0.25) is 5.02 Å². The summed E-state index contributed by atoms with van der Waals surface area (Å²) in [5.41, 5.74) is 4.11. The highest BCUT2D eigenvalue weighted by atomic mass is 79.9. The lowest BCUT2D eigenvalue weighted by Gasteiger charge is -2.15. The largest absolute Gasteiger partial charge is 0.490 e. The summed E-state index contributed by atoms with van der Waals surface area (Å²) in [5.74, 6) is -1.26. The van der Waals surface area contributed by atoms with Crippen molar-refractivity contribution in [3.05, 3.63) is 51.0 Å². The van der Waals surface area contributed by atoms with Crippen molar-refractivity contribution in [3.8, 4) is 11.5 Å². The minimum atomic E-state index is -0.859. The summed E-state index contributed by atoms with van der Waals surface area (Å²) in [5, 5.41) is 9.65. The van der Waals surface area contributed by atoms with Crippen LogP contribution in [0.4, 0.5) is 5.69 Å². The van der Waals surface area contributed by atoms with E-state index < -0.39 is 11.8 Å². The smallest absolute Gasteiger partial charge is 0.329 e. The molecule has 3 amide bonds. The van der Waals surface area contributed by atoms with Gasteiger partial charge in [0.05, 0.1) is 17.3 Å². The standard InChI is InChI=1S/C24H28BrClN4O5/c1-4-6-10-27-23(32)24(33)30-28-13-16-11-17(25)22(20(12-16)34-5-2)35-14-21(31)29-19-9-7-8-18(26)15(19)3/h7-9,11-13H,4-6,10,14H2,1-3H3,(H,27,32)(H,29,31)(H,30,33). The van der Waals surface area contributed by atoms with Crippen molar-refractivity contribution < 1.29 is 23.9 Å². The highest BCUT2D eigenvalue weighted by Gasteiger charge is 2.15. The monoisotopic (exact) mass is 566 g/mol. The van der Waals surface area contributed by atoms with Crippen LogP contribution >= 0.6 is 27.5 Å². The maximum atomic E-state index is 12.4. The molecule has 0 aliphatic rings. The molecule has 0 saturated carbocycles.